The first-order valence-corrected chi connectivity index (χ1v) is 12.6. The summed E-state index contributed by atoms with van der Waals surface area (Å²) in [5.41, 5.74) is 4.80. The van der Waals surface area contributed by atoms with Crippen LogP contribution in [0, 0.1) is 17.2 Å². The Morgan fingerprint density at radius 1 is 1.03 bits per heavy atom. The number of amides is 3. The van der Waals surface area contributed by atoms with Crippen molar-refractivity contribution in [1.29, 1.82) is 5.41 Å². The second-order valence-electron chi connectivity index (χ2n) is 8.95. The van der Waals surface area contributed by atoms with Gasteiger partial charge in [0.15, 0.2) is 5.96 Å². The number of carbonyl (C=O) groups is 3. The summed E-state index contributed by atoms with van der Waals surface area (Å²) in [6, 6.07) is 6.99. The smallest absolute Gasteiger partial charge is 0.250 e. The molecule has 5 rings (SSSR count). The van der Waals surface area contributed by atoms with Crippen LogP contribution in [0.3, 0.4) is 0 Å². The van der Waals surface area contributed by atoms with E-state index < -0.39 is 41.1 Å². The van der Waals surface area contributed by atoms with Gasteiger partial charge >= 0.3 is 0 Å². The van der Waals surface area contributed by atoms with Crippen LogP contribution in [0.15, 0.2) is 30.3 Å². The summed E-state index contributed by atoms with van der Waals surface area (Å²) in [5.74, 6) is -3.61. The van der Waals surface area contributed by atoms with Gasteiger partial charge in [-0.2, -0.15) is 0 Å². The van der Waals surface area contributed by atoms with Gasteiger partial charge in [0.25, 0.3) is 0 Å². The Labute approximate surface area is 226 Å². The van der Waals surface area contributed by atoms with E-state index in [-0.39, 0.29) is 31.7 Å². The van der Waals surface area contributed by atoms with Gasteiger partial charge in [-0.25, -0.2) is 4.90 Å². The summed E-state index contributed by atoms with van der Waals surface area (Å²) in [6.45, 7) is 0.383. The van der Waals surface area contributed by atoms with Crippen LogP contribution in [0.4, 0.5) is 11.4 Å². The number of imide groups is 1. The molecule has 0 bridgehead atoms. The molecule has 13 heteroatoms. The maximum Gasteiger partial charge on any atom is 0.250 e. The Morgan fingerprint density at radius 3 is 2.36 bits per heavy atom. The standard InChI is InChI=1S/C23H20Cl4N6O3/c24-9-4-10(25)6-12(5-9)33-19(34)16-15(2-1-3-30-22(28)29)32-23(17(16)20(33)35)13-7-11(26)8-14(27)18(13)31-21(23)36/h4-8,15-17,32H,1-3H2,(H,31,36)(H4,28,29,30). The fraction of sp³-hybridized carbons (Fsp3) is 0.304. The molecule has 2 aromatic rings. The number of nitrogens with one attached hydrogen (secondary N) is 4. The van der Waals surface area contributed by atoms with E-state index in [0.717, 1.165) is 4.90 Å². The van der Waals surface area contributed by atoms with Gasteiger partial charge in [-0.15, -0.1) is 0 Å². The number of nitrogens with zero attached hydrogens (tertiary/aromatic N) is 1. The highest BCUT2D eigenvalue weighted by Crippen LogP contribution is 2.55. The third-order valence-electron chi connectivity index (χ3n) is 6.85. The van der Waals surface area contributed by atoms with Crippen molar-refractivity contribution in [3.8, 4) is 0 Å². The Hall–Kier alpha value is -2.56. The molecule has 36 heavy (non-hydrogen) atoms. The van der Waals surface area contributed by atoms with E-state index in [0.29, 0.717) is 30.6 Å². The number of nitrogens with two attached hydrogens (primary N) is 1. The zero-order valence-electron chi connectivity index (χ0n) is 18.5. The van der Waals surface area contributed by atoms with E-state index in [9.17, 15) is 14.4 Å². The zero-order valence-corrected chi connectivity index (χ0v) is 21.5. The number of guanidine groups is 1. The Balaban J connectivity index is 1.61. The molecule has 0 aliphatic carbocycles. The second-order valence-corrected chi connectivity index (χ2v) is 10.7. The van der Waals surface area contributed by atoms with E-state index in [1.807, 2.05) is 0 Å². The fourth-order valence-corrected chi connectivity index (χ4v) is 6.60. The molecule has 3 aliphatic rings. The first-order valence-electron chi connectivity index (χ1n) is 11.0. The van der Waals surface area contributed by atoms with E-state index in [1.54, 1.807) is 6.07 Å². The summed E-state index contributed by atoms with van der Waals surface area (Å²) in [4.78, 5) is 42.4. The van der Waals surface area contributed by atoms with Gasteiger partial charge in [0, 0.05) is 33.2 Å². The SMILES string of the molecule is N=C(N)NCCCC1NC2(C(=O)Nc3c(Cl)cc(Cl)cc32)C2C(=O)N(c3cc(Cl)cc(Cl)c3)C(=O)C12. The van der Waals surface area contributed by atoms with Crippen LogP contribution in [0.5, 0.6) is 0 Å². The van der Waals surface area contributed by atoms with Crippen molar-refractivity contribution < 1.29 is 14.4 Å². The van der Waals surface area contributed by atoms with Crippen LogP contribution in [0.25, 0.3) is 0 Å². The topological polar surface area (TPSA) is 140 Å². The van der Waals surface area contributed by atoms with Crippen molar-refractivity contribution >= 4 is 81.5 Å². The summed E-state index contributed by atoms with van der Waals surface area (Å²) in [7, 11) is 0. The van der Waals surface area contributed by atoms with Crippen molar-refractivity contribution in [2.24, 2.45) is 17.6 Å². The van der Waals surface area contributed by atoms with Crippen molar-refractivity contribution in [2.75, 3.05) is 16.8 Å². The van der Waals surface area contributed by atoms with Gasteiger partial charge < -0.3 is 16.4 Å². The lowest BCUT2D eigenvalue weighted by molar-refractivity contribution is -0.130. The van der Waals surface area contributed by atoms with Crippen LogP contribution >= 0.6 is 46.4 Å². The Kier molecular flexibility index (Phi) is 6.33. The van der Waals surface area contributed by atoms with E-state index in [4.69, 9.17) is 57.5 Å². The molecule has 3 aliphatic heterocycles. The number of hydrogen-bond donors (Lipinski definition) is 5. The van der Waals surface area contributed by atoms with Gasteiger partial charge in [-0.05, 0) is 43.2 Å². The molecule has 0 radical (unpaired) electrons. The molecule has 4 unspecified atom stereocenters. The van der Waals surface area contributed by atoms with E-state index in [2.05, 4.69) is 16.0 Å². The molecule has 2 saturated heterocycles. The Morgan fingerprint density at radius 2 is 1.69 bits per heavy atom. The van der Waals surface area contributed by atoms with E-state index >= 15 is 0 Å². The highest BCUT2D eigenvalue weighted by Gasteiger charge is 2.70. The predicted molar refractivity (Wildman–Crippen MR) is 139 cm³/mol. The molecule has 6 N–H and O–H groups in total. The quantitative estimate of drug-likeness (QED) is 0.162. The third-order valence-corrected chi connectivity index (χ3v) is 7.81. The summed E-state index contributed by atoms with van der Waals surface area (Å²) in [5, 5.41) is 17.2. The van der Waals surface area contributed by atoms with Crippen LogP contribution in [0.2, 0.25) is 20.1 Å². The predicted octanol–water partition coefficient (Wildman–Crippen LogP) is 3.49. The minimum Gasteiger partial charge on any atom is -0.370 e. The highest BCUT2D eigenvalue weighted by molar-refractivity contribution is 6.38. The molecule has 0 saturated carbocycles. The maximum atomic E-state index is 13.9. The minimum atomic E-state index is -1.56. The van der Waals surface area contributed by atoms with Gasteiger partial charge in [0.2, 0.25) is 17.7 Å². The number of benzene rings is 2. The van der Waals surface area contributed by atoms with Crippen molar-refractivity contribution in [2.45, 2.75) is 24.4 Å². The molecule has 4 atom stereocenters. The van der Waals surface area contributed by atoms with Crippen molar-refractivity contribution in [3.05, 3.63) is 56.0 Å². The average Bonchev–Trinajstić information content (AvgIpc) is 3.36. The van der Waals surface area contributed by atoms with Crippen LogP contribution < -0.4 is 26.6 Å². The number of anilines is 2. The van der Waals surface area contributed by atoms with Crippen molar-refractivity contribution in [3.63, 3.8) is 0 Å². The molecule has 2 fully saturated rings. The third kappa shape index (κ3) is 3.81. The maximum absolute atomic E-state index is 13.9. The summed E-state index contributed by atoms with van der Waals surface area (Å²) < 4.78 is 0. The normalized spacial score (nSPS) is 26.4. The number of hydrogen-bond acceptors (Lipinski definition) is 5. The van der Waals surface area contributed by atoms with E-state index in [1.165, 1.54) is 24.3 Å². The lowest BCUT2D eigenvalue weighted by atomic mass is 9.76. The second kappa shape index (κ2) is 9.08. The molecule has 9 nitrogen and oxygen atoms in total. The van der Waals surface area contributed by atoms with Crippen LogP contribution in [-0.4, -0.2) is 36.3 Å². The molecule has 3 amide bonds. The monoisotopic (exact) mass is 568 g/mol. The molecule has 1 spiro atoms. The van der Waals surface area contributed by atoms with Gasteiger partial charge in [0.05, 0.1) is 28.2 Å². The first kappa shape index (κ1) is 25.1. The number of carbonyl (C=O) groups excluding carboxylic acids is 3. The molecule has 2 aromatic carbocycles. The fourth-order valence-electron chi connectivity index (χ4n) is 5.54. The Bertz CT molecular complexity index is 1320. The first-order chi connectivity index (χ1) is 17.0. The van der Waals surface area contributed by atoms with Gasteiger partial charge in [-0.1, -0.05) is 46.4 Å². The van der Waals surface area contributed by atoms with Crippen LogP contribution in [-0.2, 0) is 19.9 Å². The largest absolute Gasteiger partial charge is 0.370 e. The highest BCUT2D eigenvalue weighted by atomic mass is 35.5. The van der Waals surface area contributed by atoms with Gasteiger partial charge in [0.1, 0.15) is 5.54 Å². The molecule has 0 aromatic heterocycles. The average molecular weight is 570 g/mol. The van der Waals surface area contributed by atoms with Gasteiger partial charge in [-0.3, -0.25) is 25.1 Å². The summed E-state index contributed by atoms with van der Waals surface area (Å²) >= 11 is 25.0. The zero-order chi connectivity index (χ0) is 25.9. The molecule has 188 valence electrons. The number of rotatable bonds is 5. The lowest BCUT2D eigenvalue weighted by Crippen LogP contribution is -2.53. The summed E-state index contributed by atoms with van der Waals surface area (Å²) in [6.07, 6.45) is 0.940. The molecular formula is C23H20Cl4N6O3. The number of halogens is 4. The molecular weight excluding hydrogens is 550 g/mol. The van der Waals surface area contributed by atoms with Crippen LogP contribution in [0.1, 0.15) is 18.4 Å². The molecule has 3 heterocycles. The lowest BCUT2D eigenvalue weighted by Gasteiger charge is -2.29. The minimum absolute atomic E-state index is 0.173. The van der Waals surface area contributed by atoms with Crippen molar-refractivity contribution in [1.82, 2.24) is 10.6 Å². The number of fused-ring (bicyclic) bond motifs is 4.